The minimum absolute atomic E-state index is 0.110. The number of benzene rings is 3. The summed E-state index contributed by atoms with van der Waals surface area (Å²) in [6, 6.07) is 14.0. The van der Waals surface area contributed by atoms with Crippen LogP contribution in [0, 0.1) is 17.0 Å². The number of halogens is 2. The number of carbonyl (C=O) groups excluding carboxylic acids is 2. The van der Waals surface area contributed by atoms with Gasteiger partial charge in [0.05, 0.1) is 22.6 Å². The summed E-state index contributed by atoms with van der Waals surface area (Å²) < 4.78 is 5.29. The highest BCUT2D eigenvalue weighted by Gasteiger charge is 2.19. The second-order valence-electron chi connectivity index (χ2n) is 6.59. The third-order valence-electron chi connectivity index (χ3n) is 4.55. The van der Waals surface area contributed by atoms with E-state index in [4.69, 9.17) is 16.3 Å². The summed E-state index contributed by atoms with van der Waals surface area (Å²) in [4.78, 5) is 35.7. The summed E-state index contributed by atoms with van der Waals surface area (Å²) in [6.45, 7) is 1.75. The van der Waals surface area contributed by atoms with Gasteiger partial charge >= 0.3 is 5.97 Å². The zero-order valence-electron chi connectivity index (χ0n) is 16.4. The van der Waals surface area contributed by atoms with Crippen molar-refractivity contribution in [3.63, 3.8) is 0 Å². The number of hydrogen-bond acceptors (Lipinski definition) is 6. The molecule has 0 aromatic heterocycles. The standard InChI is InChI=1S/C22H16BrClN2O5/c1-12-3-4-13(22(28)31-2)9-17(12)21(27)16-7-6-15(11-18(16)24)25-19-8-5-14(23)10-20(19)26(29)30/h3-11,25H,1-2H3. The van der Waals surface area contributed by atoms with Gasteiger partial charge in [0.25, 0.3) is 5.69 Å². The highest BCUT2D eigenvalue weighted by molar-refractivity contribution is 9.10. The lowest BCUT2D eigenvalue weighted by Gasteiger charge is -2.11. The van der Waals surface area contributed by atoms with Gasteiger partial charge < -0.3 is 10.1 Å². The molecule has 0 aliphatic heterocycles. The Kier molecular flexibility index (Phi) is 6.72. The van der Waals surface area contributed by atoms with Crippen LogP contribution in [0.15, 0.2) is 59.1 Å². The van der Waals surface area contributed by atoms with E-state index in [2.05, 4.69) is 21.2 Å². The molecule has 0 atom stereocenters. The van der Waals surface area contributed by atoms with Crippen LogP contribution in [0.5, 0.6) is 0 Å². The summed E-state index contributed by atoms with van der Waals surface area (Å²) in [5.74, 6) is -0.898. The number of hydrogen-bond donors (Lipinski definition) is 1. The molecule has 158 valence electrons. The maximum atomic E-state index is 13.1. The lowest BCUT2D eigenvalue weighted by molar-refractivity contribution is -0.384. The van der Waals surface area contributed by atoms with Crippen LogP contribution in [0.1, 0.15) is 31.8 Å². The molecular formula is C22H16BrClN2O5. The third-order valence-corrected chi connectivity index (χ3v) is 5.36. The Morgan fingerprint density at radius 1 is 1.06 bits per heavy atom. The van der Waals surface area contributed by atoms with Gasteiger partial charge in [-0.1, -0.05) is 33.6 Å². The van der Waals surface area contributed by atoms with Crippen molar-refractivity contribution in [2.75, 3.05) is 12.4 Å². The number of aryl methyl sites for hydroxylation is 1. The van der Waals surface area contributed by atoms with Crippen LogP contribution in [0.3, 0.4) is 0 Å². The molecule has 1 N–H and O–H groups in total. The van der Waals surface area contributed by atoms with Gasteiger partial charge in [0, 0.05) is 27.4 Å². The average molecular weight is 504 g/mol. The number of nitro groups is 1. The zero-order chi connectivity index (χ0) is 22.7. The summed E-state index contributed by atoms with van der Waals surface area (Å²) in [5, 5.41) is 14.4. The second kappa shape index (κ2) is 9.28. The fourth-order valence-corrected chi connectivity index (χ4v) is 3.57. The van der Waals surface area contributed by atoms with E-state index in [1.165, 1.54) is 31.4 Å². The summed E-state index contributed by atoms with van der Waals surface area (Å²) in [5.41, 5.74) is 2.16. The number of ketones is 1. The first-order chi connectivity index (χ1) is 14.7. The number of esters is 1. The van der Waals surface area contributed by atoms with Crippen molar-refractivity contribution < 1.29 is 19.2 Å². The number of anilines is 2. The van der Waals surface area contributed by atoms with E-state index in [1.807, 2.05) is 0 Å². The molecule has 0 bridgehead atoms. The third kappa shape index (κ3) is 4.92. The van der Waals surface area contributed by atoms with Crippen LogP contribution in [0.2, 0.25) is 5.02 Å². The molecule has 3 aromatic carbocycles. The Morgan fingerprint density at radius 3 is 2.45 bits per heavy atom. The molecule has 0 saturated carbocycles. The van der Waals surface area contributed by atoms with Gasteiger partial charge in [-0.3, -0.25) is 14.9 Å². The van der Waals surface area contributed by atoms with Crippen molar-refractivity contribution in [1.29, 1.82) is 0 Å². The van der Waals surface area contributed by atoms with Gasteiger partial charge in [0.15, 0.2) is 5.78 Å². The molecule has 3 rings (SSSR count). The maximum Gasteiger partial charge on any atom is 0.337 e. The minimum Gasteiger partial charge on any atom is -0.465 e. The number of rotatable bonds is 6. The highest BCUT2D eigenvalue weighted by Crippen LogP contribution is 2.32. The van der Waals surface area contributed by atoms with Crippen molar-refractivity contribution >= 4 is 56.3 Å². The van der Waals surface area contributed by atoms with Gasteiger partial charge in [-0.2, -0.15) is 0 Å². The number of methoxy groups -OCH3 is 1. The van der Waals surface area contributed by atoms with Gasteiger partial charge in [-0.25, -0.2) is 4.79 Å². The van der Waals surface area contributed by atoms with E-state index in [-0.39, 0.29) is 33.3 Å². The molecule has 0 radical (unpaired) electrons. The Bertz CT molecular complexity index is 1210. The zero-order valence-corrected chi connectivity index (χ0v) is 18.8. The van der Waals surface area contributed by atoms with Crippen LogP contribution in [-0.2, 0) is 4.74 Å². The van der Waals surface area contributed by atoms with E-state index < -0.39 is 10.9 Å². The summed E-state index contributed by atoms with van der Waals surface area (Å²) >= 11 is 9.57. The van der Waals surface area contributed by atoms with Crippen LogP contribution in [-0.4, -0.2) is 23.8 Å². The first kappa shape index (κ1) is 22.5. The monoisotopic (exact) mass is 502 g/mol. The molecule has 31 heavy (non-hydrogen) atoms. The largest absolute Gasteiger partial charge is 0.465 e. The van der Waals surface area contributed by atoms with Crippen molar-refractivity contribution in [2.24, 2.45) is 0 Å². The second-order valence-corrected chi connectivity index (χ2v) is 7.91. The van der Waals surface area contributed by atoms with Crippen LogP contribution in [0.4, 0.5) is 17.1 Å². The Morgan fingerprint density at radius 2 is 1.81 bits per heavy atom. The molecule has 0 amide bonds. The van der Waals surface area contributed by atoms with Crippen molar-refractivity contribution in [1.82, 2.24) is 0 Å². The number of ether oxygens (including phenoxy) is 1. The lowest BCUT2D eigenvalue weighted by atomic mass is 9.96. The predicted molar refractivity (Wildman–Crippen MR) is 121 cm³/mol. The van der Waals surface area contributed by atoms with E-state index in [0.717, 1.165) is 0 Å². The first-order valence-corrected chi connectivity index (χ1v) is 10.1. The molecule has 0 aliphatic carbocycles. The molecule has 0 saturated heterocycles. The molecule has 0 fully saturated rings. The Balaban J connectivity index is 1.93. The number of carbonyl (C=O) groups is 2. The summed E-state index contributed by atoms with van der Waals surface area (Å²) in [7, 11) is 1.27. The van der Waals surface area contributed by atoms with Gasteiger partial charge in [-0.15, -0.1) is 0 Å². The number of nitrogens with one attached hydrogen (secondary N) is 1. The molecule has 3 aromatic rings. The van der Waals surface area contributed by atoms with Crippen LogP contribution >= 0.6 is 27.5 Å². The smallest absolute Gasteiger partial charge is 0.337 e. The summed E-state index contributed by atoms with van der Waals surface area (Å²) in [6.07, 6.45) is 0. The molecule has 9 heteroatoms. The minimum atomic E-state index is -0.546. The van der Waals surface area contributed by atoms with E-state index in [9.17, 15) is 19.7 Å². The highest BCUT2D eigenvalue weighted by atomic mass is 79.9. The molecular weight excluding hydrogens is 488 g/mol. The Labute approximate surface area is 191 Å². The van der Waals surface area contributed by atoms with Gasteiger partial charge in [-0.05, 0) is 55.0 Å². The Hall–Kier alpha value is -3.23. The quantitative estimate of drug-likeness (QED) is 0.189. The predicted octanol–water partition coefficient (Wildman–Crippen LogP) is 6.08. The van der Waals surface area contributed by atoms with Crippen molar-refractivity contribution in [3.8, 4) is 0 Å². The fourth-order valence-electron chi connectivity index (χ4n) is 2.95. The average Bonchev–Trinajstić information content (AvgIpc) is 2.74. The maximum absolute atomic E-state index is 13.1. The molecule has 0 aliphatic rings. The normalized spacial score (nSPS) is 10.5. The van der Waals surface area contributed by atoms with Crippen LogP contribution in [0.25, 0.3) is 0 Å². The van der Waals surface area contributed by atoms with Crippen molar-refractivity contribution in [3.05, 3.63) is 96.5 Å². The molecule has 0 heterocycles. The van der Waals surface area contributed by atoms with Gasteiger partial charge in [0.2, 0.25) is 0 Å². The van der Waals surface area contributed by atoms with Gasteiger partial charge in [0.1, 0.15) is 5.69 Å². The topological polar surface area (TPSA) is 98.5 Å². The van der Waals surface area contributed by atoms with E-state index in [0.29, 0.717) is 21.3 Å². The molecule has 7 nitrogen and oxygen atoms in total. The van der Waals surface area contributed by atoms with E-state index >= 15 is 0 Å². The molecule has 0 unspecified atom stereocenters. The lowest BCUT2D eigenvalue weighted by Crippen LogP contribution is -2.08. The fraction of sp³-hybridized carbons (Fsp3) is 0.0909. The number of nitrogens with zero attached hydrogens (tertiary/aromatic N) is 1. The van der Waals surface area contributed by atoms with E-state index in [1.54, 1.807) is 37.3 Å². The number of nitro benzene ring substituents is 1. The van der Waals surface area contributed by atoms with Crippen molar-refractivity contribution in [2.45, 2.75) is 6.92 Å². The SMILES string of the molecule is COC(=O)c1ccc(C)c(C(=O)c2ccc(Nc3ccc(Br)cc3[N+](=O)[O-])cc2Cl)c1. The first-order valence-electron chi connectivity index (χ1n) is 8.95. The van der Waals surface area contributed by atoms with Crippen LogP contribution < -0.4 is 5.32 Å². The molecule has 0 spiro atoms.